The number of Topliss-reactive ketones (excluding diaryl/α,β-unsaturated/α-hetero) is 1. The summed E-state index contributed by atoms with van der Waals surface area (Å²) >= 11 is 5.95. The summed E-state index contributed by atoms with van der Waals surface area (Å²) in [5.74, 6) is -1.09. The monoisotopic (exact) mass is 434 g/mol. The summed E-state index contributed by atoms with van der Waals surface area (Å²) in [4.78, 5) is 31.5. The standard InChI is InChI=1S/C24H19ClN2O4/c1-31-19-4-2-3-17(13-19)21-20(22(28)16-5-7-18(25)8-6-16)23(29)24(30)27(21)14-15-9-11-26-12-10-15/h2-13,21,28H,14H2,1H3/b22-20-. The zero-order chi connectivity index (χ0) is 22.0. The first-order chi connectivity index (χ1) is 15.0. The van der Waals surface area contributed by atoms with Crippen LogP contribution in [-0.2, 0) is 16.1 Å². The Morgan fingerprint density at radius 1 is 1.10 bits per heavy atom. The number of carbonyl (C=O) groups is 2. The van der Waals surface area contributed by atoms with E-state index in [0.717, 1.165) is 5.56 Å². The van der Waals surface area contributed by atoms with E-state index in [-0.39, 0.29) is 17.9 Å². The van der Waals surface area contributed by atoms with Crippen molar-refractivity contribution in [2.75, 3.05) is 7.11 Å². The lowest BCUT2D eigenvalue weighted by Crippen LogP contribution is -2.29. The maximum absolute atomic E-state index is 13.0. The molecule has 3 aromatic rings. The van der Waals surface area contributed by atoms with Gasteiger partial charge < -0.3 is 14.7 Å². The quantitative estimate of drug-likeness (QED) is 0.366. The second kappa shape index (κ2) is 8.62. The highest BCUT2D eigenvalue weighted by atomic mass is 35.5. The van der Waals surface area contributed by atoms with Crippen LogP contribution in [-0.4, -0.2) is 33.8 Å². The summed E-state index contributed by atoms with van der Waals surface area (Å²) in [6.45, 7) is 0.187. The van der Waals surface area contributed by atoms with Gasteiger partial charge in [0.2, 0.25) is 0 Å². The fraction of sp³-hybridized carbons (Fsp3) is 0.125. The van der Waals surface area contributed by atoms with Crippen LogP contribution in [0.25, 0.3) is 5.76 Å². The second-order valence-corrected chi connectivity index (χ2v) is 7.50. The average molecular weight is 435 g/mol. The van der Waals surface area contributed by atoms with Gasteiger partial charge in [0.25, 0.3) is 11.7 Å². The van der Waals surface area contributed by atoms with E-state index in [9.17, 15) is 14.7 Å². The number of ether oxygens (including phenoxy) is 1. The minimum atomic E-state index is -0.779. The number of amides is 1. The van der Waals surface area contributed by atoms with Crippen LogP contribution in [0.3, 0.4) is 0 Å². The van der Waals surface area contributed by atoms with Gasteiger partial charge in [-0.15, -0.1) is 0 Å². The number of ketones is 1. The van der Waals surface area contributed by atoms with Crippen LogP contribution >= 0.6 is 11.6 Å². The molecule has 0 bridgehead atoms. The first-order valence-electron chi connectivity index (χ1n) is 9.57. The lowest BCUT2D eigenvalue weighted by atomic mass is 9.95. The Hall–Kier alpha value is -3.64. The van der Waals surface area contributed by atoms with Crippen molar-refractivity contribution in [3.8, 4) is 5.75 Å². The summed E-state index contributed by atoms with van der Waals surface area (Å²) in [5.41, 5.74) is 1.90. The van der Waals surface area contributed by atoms with Crippen LogP contribution in [0.5, 0.6) is 5.75 Å². The van der Waals surface area contributed by atoms with Crippen molar-refractivity contribution in [1.29, 1.82) is 0 Å². The second-order valence-electron chi connectivity index (χ2n) is 7.07. The summed E-state index contributed by atoms with van der Waals surface area (Å²) in [6, 6.07) is 16.3. The van der Waals surface area contributed by atoms with Gasteiger partial charge in [-0.1, -0.05) is 23.7 Å². The Kier molecular flexibility index (Phi) is 5.73. The van der Waals surface area contributed by atoms with E-state index in [1.807, 2.05) is 0 Å². The van der Waals surface area contributed by atoms with Crippen molar-refractivity contribution in [3.63, 3.8) is 0 Å². The van der Waals surface area contributed by atoms with Crippen LogP contribution in [0.2, 0.25) is 5.02 Å². The van der Waals surface area contributed by atoms with Gasteiger partial charge in [-0.2, -0.15) is 0 Å². The molecule has 1 fully saturated rings. The number of likely N-dealkylation sites (tertiary alicyclic amines) is 1. The number of hydrogen-bond donors (Lipinski definition) is 1. The molecule has 4 rings (SSSR count). The van der Waals surface area contributed by atoms with Crippen molar-refractivity contribution in [2.24, 2.45) is 0 Å². The first kappa shape index (κ1) is 20.6. The number of pyridine rings is 1. The zero-order valence-electron chi connectivity index (χ0n) is 16.7. The Bertz CT molecular complexity index is 1160. The number of carbonyl (C=O) groups excluding carboxylic acids is 2. The largest absolute Gasteiger partial charge is 0.507 e. The van der Waals surface area contributed by atoms with Crippen molar-refractivity contribution in [2.45, 2.75) is 12.6 Å². The summed E-state index contributed by atoms with van der Waals surface area (Å²) in [6.07, 6.45) is 3.25. The molecule has 1 aromatic heterocycles. The fourth-order valence-corrected chi connectivity index (χ4v) is 3.78. The number of aliphatic hydroxyl groups excluding tert-OH is 1. The molecule has 0 radical (unpaired) electrons. The number of aromatic nitrogens is 1. The third-order valence-electron chi connectivity index (χ3n) is 5.17. The summed E-state index contributed by atoms with van der Waals surface area (Å²) in [7, 11) is 1.54. The molecule has 1 N–H and O–H groups in total. The lowest BCUT2D eigenvalue weighted by molar-refractivity contribution is -0.140. The molecule has 1 aliphatic rings. The van der Waals surface area contributed by atoms with Gasteiger partial charge in [0.1, 0.15) is 11.5 Å². The molecule has 2 aromatic carbocycles. The number of aliphatic hydroxyl groups is 1. The summed E-state index contributed by atoms with van der Waals surface area (Å²) < 4.78 is 5.33. The van der Waals surface area contributed by atoms with Crippen molar-refractivity contribution in [3.05, 3.63) is 100 Å². The number of nitrogens with zero attached hydrogens (tertiary/aromatic N) is 2. The number of rotatable bonds is 5. The molecule has 156 valence electrons. The molecule has 1 unspecified atom stereocenters. The molecule has 0 aliphatic carbocycles. The predicted molar refractivity (Wildman–Crippen MR) is 117 cm³/mol. The maximum atomic E-state index is 13.0. The van der Waals surface area contributed by atoms with Crippen LogP contribution in [0.4, 0.5) is 0 Å². The molecule has 2 heterocycles. The maximum Gasteiger partial charge on any atom is 0.295 e. The van der Waals surface area contributed by atoms with Crippen molar-refractivity contribution in [1.82, 2.24) is 9.88 Å². The van der Waals surface area contributed by atoms with Gasteiger partial charge in [-0.3, -0.25) is 14.6 Å². The van der Waals surface area contributed by atoms with E-state index >= 15 is 0 Å². The van der Waals surface area contributed by atoms with E-state index in [1.165, 1.54) is 4.90 Å². The molecule has 1 saturated heterocycles. The fourth-order valence-electron chi connectivity index (χ4n) is 3.65. The summed E-state index contributed by atoms with van der Waals surface area (Å²) in [5, 5.41) is 11.5. The molecule has 6 nitrogen and oxygen atoms in total. The minimum absolute atomic E-state index is 0.0228. The third kappa shape index (κ3) is 4.02. The van der Waals surface area contributed by atoms with Gasteiger partial charge >= 0.3 is 0 Å². The molecular weight excluding hydrogens is 416 g/mol. The lowest BCUT2D eigenvalue weighted by Gasteiger charge is -2.25. The Labute approximate surface area is 184 Å². The molecular formula is C24H19ClN2O4. The topological polar surface area (TPSA) is 79.7 Å². The smallest absolute Gasteiger partial charge is 0.295 e. The SMILES string of the molecule is COc1cccc(C2/C(=C(/O)c3ccc(Cl)cc3)C(=O)C(=O)N2Cc2ccncc2)c1. The number of benzene rings is 2. The van der Waals surface area contributed by atoms with E-state index < -0.39 is 17.7 Å². The van der Waals surface area contributed by atoms with Crippen LogP contribution in [0.15, 0.2) is 78.6 Å². The van der Waals surface area contributed by atoms with E-state index in [2.05, 4.69) is 4.98 Å². The molecule has 1 amide bonds. The molecule has 0 saturated carbocycles. The molecule has 1 aliphatic heterocycles. The van der Waals surface area contributed by atoms with Gasteiger partial charge in [-0.05, 0) is 59.7 Å². The van der Waals surface area contributed by atoms with Gasteiger partial charge in [0.15, 0.2) is 0 Å². The van der Waals surface area contributed by atoms with Crippen molar-refractivity contribution >= 4 is 29.1 Å². The zero-order valence-corrected chi connectivity index (χ0v) is 17.4. The van der Waals surface area contributed by atoms with Crippen LogP contribution in [0.1, 0.15) is 22.7 Å². The van der Waals surface area contributed by atoms with E-state index in [0.29, 0.717) is 21.9 Å². The first-order valence-corrected chi connectivity index (χ1v) is 9.94. The highest BCUT2D eigenvalue weighted by Crippen LogP contribution is 2.41. The molecule has 7 heteroatoms. The molecule has 0 spiro atoms. The number of halogens is 1. The van der Waals surface area contributed by atoms with E-state index in [4.69, 9.17) is 16.3 Å². The van der Waals surface area contributed by atoms with Crippen LogP contribution in [0, 0.1) is 0 Å². The highest BCUT2D eigenvalue weighted by molar-refractivity contribution is 6.46. The number of methoxy groups -OCH3 is 1. The van der Waals surface area contributed by atoms with E-state index in [1.54, 1.807) is 80.2 Å². The van der Waals surface area contributed by atoms with Crippen molar-refractivity contribution < 1.29 is 19.4 Å². The minimum Gasteiger partial charge on any atom is -0.507 e. The normalized spacial score (nSPS) is 17.7. The predicted octanol–water partition coefficient (Wildman–Crippen LogP) is 4.37. The Morgan fingerprint density at radius 2 is 1.81 bits per heavy atom. The van der Waals surface area contributed by atoms with Gasteiger partial charge in [0, 0.05) is 29.5 Å². The Balaban J connectivity index is 1.87. The molecule has 1 atom stereocenters. The number of hydrogen-bond acceptors (Lipinski definition) is 5. The highest BCUT2D eigenvalue weighted by Gasteiger charge is 2.46. The van der Waals surface area contributed by atoms with Crippen LogP contribution < -0.4 is 4.74 Å². The Morgan fingerprint density at radius 3 is 2.48 bits per heavy atom. The molecule has 31 heavy (non-hydrogen) atoms. The van der Waals surface area contributed by atoms with Gasteiger partial charge in [0.05, 0.1) is 18.7 Å². The van der Waals surface area contributed by atoms with Gasteiger partial charge in [-0.25, -0.2) is 0 Å². The average Bonchev–Trinajstić information content (AvgIpc) is 3.05. The third-order valence-corrected chi connectivity index (χ3v) is 5.42.